The summed E-state index contributed by atoms with van der Waals surface area (Å²) in [6.07, 6.45) is -0.323. The van der Waals surface area contributed by atoms with E-state index in [1.54, 1.807) is 12.0 Å². The number of hydrogen-bond donors (Lipinski definition) is 0. The maximum absolute atomic E-state index is 12.5. The number of carbonyl (C=O) groups excluding carboxylic acids is 1. The lowest BCUT2D eigenvalue weighted by Gasteiger charge is -2.26. The first kappa shape index (κ1) is 18.1. The van der Waals surface area contributed by atoms with E-state index in [1.165, 1.54) is 0 Å². The van der Waals surface area contributed by atoms with Crippen molar-refractivity contribution in [2.75, 3.05) is 20.3 Å². The lowest BCUT2D eigenvalue weighted by atomic mass is 10.00. The molecule has 138 valence electrons. The van der Waals surface area contributed by atoms with Crippen molar-refractivity contribution in [2.24, 2.45) is 0 Å². The van der Waals surface area contributed by atoms with E-state index in [-0.39, 0.29) is 6.09 Å². The van der Waals surface area contributed by atoms with Gasteiger partial charge in [0.2, 0.25) is 0 Å². The second-order valence-electron chi connectivity index (χ2n) is 7.24. The zero-order valence-corrected chi connectivity index (χ0v) is 15.7. The molecular weight excluding hydrogens is 330 g/mol. The molecule has 0 saturated heterocycles. The van der Waals surface area contributed by atoms with Crippen molar-refractivity contribution >= 4 is 6.09 Å². The van der Waals surface area contributed by atoms with Crippen molar-refractivity contribution < 1.29 is 19.0 Å². The molecule has 0 aliphatic carbocycles. The predicted octanol–water partition coefficient (Wildman–Crippen LogP) is 4.49. The standard InChI is InChI=1S/C21H25NO4/c1-21(2,3)26-20(23)22-12-13-25-19-15(14-22)8-7-10-17(19)16-9-5-6-11-18(16)24-4/h5-11H,12-14H2,1-4H3. The van der Waals surface area contributed by atoms with E-state index in [4.69, 9.17) is 14.2 Å². The summed E-state index contributed by atoms with van der Waals surface area (Å²) in [5.74, 6) is 1.58. The summed E-state index contributed by atoms with van der Waals surface area (Å²) in [5.41, 5.74) is 2.37. The van der Waals surface area contributed by atoms with Crippen molar-refractivity contribution in [1.29, 1.82) is 0 Å². The van der Waals surface area contributed by atoms with Gasteiger partial charge in [0.05, 0.1) is 20.2 Å². The van der Waals surface area contributed by atoms with Crippen LogP contribution in [0.1, 0.15) is 26.3 Å². The first-order valence-corrected chi connectivity index (χ1v) is 8.75. The fourth-order valence-electron chi connectivity index (χ4n) is 2.98. The molecule has 2 aromatic carbocycles. The Morgan fingerprint density at radius 3 is 2.54 bits per heavy atom. The largest absolute Gasteiger partial charge is 0.496 e. The molecule has 0 bridgehead atoms. The maximum Gasteiger partial charge on any atom is 0.410 e. The highest BCUT2D eigenvalue weighted by molar-refractivity contribution is 5.77. The molecule has 1 aliphatic rings. The highest BCUT2D eigenvalue weighted by Gasteiger charge is 2.26. The highest BCUT2D eigenvalue weighted by atomic mass is 16.6. The fraction of sp³-hybridized carbons (Fsp3) is 0.381. The van der Waals surface area contributed by atoms with E-state index in [0.717, 1.165) is 28.2 Å². The topological polar surface area (TPSA) is 48.0 Å². The lowest BCUT2D eigenvalue weighted by molar-refractivity contribution is 0.0225. The third-order valence-corrected chi connectivity index (χ3v) is 4.11. The zero-order valence-electron chi connectivity index (χ0n) is 15.7. The summed E-state index contributed by atoms with van der Waals surface area (Å²) in [7, 11) is 1.66. The summed E-state index contributed by atoms with van der Waals surface area (Å²) in [6.45, 7) is 6.95. The number of carbonyl (C=O) groups is 1. The zero-order chi connectivity index (χ0) is 18.7. The van der Waals surface area contributed by atoms with Crippen LogP contribution in [0.25, 0.3) is 11.1 Å². The number of benzene rings is 2. The van der Waals surface area contributed by atoms with Crippen LogP contribution in [-0.4, -0.2) is 36.9 Å². The number of nitrogens with zero attached hydrogens (tertiary/aromatic N) is 1. The van der Waals surface area contributed by atoms with Gasteiger partial charge in [-0.15, -0.1) is 0 Å². The molecule has 1 aliphatic heterocycles. The van der Waals surface area contributed by atoms with Crippen molar-refractivity contribution in [3.63, 3.8) is 0 Å². The molecule has 0 unspecified atom stereocenters. The predicted molar refractivity (Wildman–Crippen MR) is 101 cm³/mol. The molecule has 0 atom stereocenters. The fourth-order valence-corrected chi connectivity index (χ4v) is 2.98. The molecule has 1 heterocycles. The van der Waals surface area contributed by atoms with Gasteiger partial charge in [-0.3, -0.25) is 0 Å². The van der Waals surface area contributed by atoms with E-state index in [1.807, 2.05) is 63.2 Å². The van der Waals surface area contributed by atoms with Gasteiger partial charge in [-0.25, -0.2) is 4.79 Å². The smallest absolute Gasteiger partial charge is 0.410 e. The molecule has 0 aromatic heterocycles. The van der Waals surface area contributed by atoms with Gasteiger partial charge in [0.15, 0.2) is 0 Å². The normalized spacial score (nSPS) is 14.1. The Balaban J connectivity index is 1.94. The first-order valence-electron chi connectivity index (χ1n) is 8.75. The average molecular weight is 355 g/mol. The molecule has 1 amide bonds. The van der Waals surface area contributed by atoms with Crippen LogP contribution in [0, 0.1) is 0 Å². The molecule has 5 nitrogen and oxygen atoms in total. The number of methoxy groups -OCH3 is 1. The maximum atomic E-state index is 12.5. The molecule has 3 rings (SSSR count). The summed E-state index contributed by atoms with van der Waals surface area (Å²) < 4.78 is 17.0. The third kappa shape index (κ3) is 3.93. The van der Waals surface area contributed by atoms with Crippen LogP contribution in [0.5, 0.6) is 11.5 Å². The van der Waals surface area contributed by atoms with Crippen LogP contribution in [0.15, 0.2) is 42.5 Å². The van der Waals surface area contributed by atoms with Crippen LogP contribution < -0.4 is 9.47 Å². The molecule has 5 heteroatoms. The molecular formula is C21H25NO4. The monoisotopic (exact) mass is 355 g/mol. The third-order valence-electron chi connectivity index (χ3n) is 4.11. The van der Waals surface area contributed by atoms with E-state index < -0.39 is 5.60 Å². The van der Waals surface area contributed by atoms with Crippen molar-refractivity contribution in [3.05, 3.63) is 48.0 Å². The van der Waals surface area contributed by atoms with Gasteiger partial charge in [-0.2, -0.15) is 0 Å². The molecule has 0 fully saturated rings. The van der Waals surface area contributed by atoms with Gasteiger partial charge in [-0.05, 0) is 26.8 Å². The number of amides is 1. The van der Waals surface area contributed by atoms with Crippen LogP contribution >= 0.6 is 0 Å². The Morgan fingerprint density at radius 1 is 1.08 bits per heavy atom. The number of rotatable bonds is 2. The minimum Gasteiger partial charge on any atom is -0.496 e. The van der Waals surface area contributed by atoms with E-state index in [9.17, 15) is 4.79 Å². The van der Waals surface area contributed by atoms with E-state index in [0.29, 0.717) is 19.7 Å². The Kier molecular flexibility index (Phi) is 5.07. The average Bonchev–Trinajstić information content (AvgIpc) is 2.82. The molecule has 0 radical (unpaired) electrons. The van der Waals surface area contributed by atoms with E-state index in [2.05, 4.69) is 0 Å². The summed E-state index contributed by atoms with van der Waals surface area (Å²) >= 11 is 0. The van der Waals surface area contributed by atoms with Gasteiger partial charge in [0.25, 0.3) is 0 Å². The van der Waals surface area contributed by atoms with Crippen molar-refractivity contribution in [1.82, 2.24) is 4.90 Å². The Bertz CT molecular complexity index is 795. The lowest BCUT2D eigenvalue weighted by Crippen LogP contribution is -2.37. The van der Waals surface area contributed by atoms with Crippen molar-refractivity contribution in [2.45, 2.75) is 32.9 Å². The molecule has 0 spiro atoms. The minimum absolute atomic E-state index is 0.323. The van der Waals surface area contributed by atoms with Gasteiger partial charge in [-0.1, -0.05) is 36.4 Å². The molecule has 0 N–H and O–H groups in total. The van der Waals surface area contributed by atoms with Crippen LogP contribution in [-0.2, 0) is 11.3 Å². The van der Waals surface area contributed by atoms with Gasteiger partial charge < -0.3 is 19.1 Å². The number of fused-ring (bicyclic) bond motifs is 1. The first-order chi connectivity index (χ1) is 12.4. The van der Waals surface area contributed by atoms with Gasteiger partial charge in [0, 0.05) is 16.7 Å². The van der Waals surface area contributed by atoms with Crippen LogP contribution in [0.2, 0.25) is 0 Å². The second kappa shape index (κ2) is 7.28. The Morgan fingerprint density at radius 2 is 1.81 bits per heavy atom. The molecule has 2 aromatic rings. The summed E-state index contributed by atoms with van der Waals surface area (Å²) in [5, 5.41) is 0. The second-order valence-corrected chi connectivity index (χ2v) is 7.24. The summed E-state index contributed by atoms with van der Waals surface area (Å²) in [6, 6.07) is 13.8. The summed E-state index contributed by atoms with van der Waals surface area (Å²) in [4.78, 5) is 14.1. The van der Waals surface area contributed by atoms with Crippen molar-refractivity contribution in [3.8, 4) is 22.6 Å². The highest BCUT2D eigenvalue weighted by Crippen LogP contribution is 2.39. The molecule has 0 saturated carbocycles. The number of hydrogen-bond acceptors (Lipinski definition) is 4. The SMILES string of the molecule is COc1ccccc1-c1cccc2c1OCCN(C(=O)OC(C)(C)C)C2. The van der Waals surface area contributed by atoms with Gasteiger partial charge in [0.1, 0.15) is 23.7 Å². The van der Waals surface area contributed by atoms with Crippen LogP contribution in [0.3, 0.4) is 0 Å². The van der Waals surface area contributed by atoms with Gasteiger partial charge >= 0.3 is 6.09 Å². The van der Waals surface area contributed by atoms with Crippen LogP contribution in [0.4, 0.5) is 4.79 Å². The number of ether oxygens (including phenoxy) is 3. The molecule has 26 heavy (non-hydrogen) atoms. The Hall–Kier alpha value is -2.69. The number of para-hydroxylation sites is 2. The quantitative estimate of drug-likeness (QED) is 0.796. The Labute approximate surface area is 154 Å². The van der Waals surface area contributed by atoms with E-state index >= 15 is 0 Å². The minimum atomic E-state index is -0.522.